The third-order valence-electron chi connectivity index (χ3n) is 11.9. The van der Waals surface area contributed by atoms with E-state index in [-0.39, 0.29) is 37.5 Å². The van der Waals surface area contributed by atoms with E-state index in [0.717, 1.165) is 135 Å². The molecule has 0 aliphatic heterocycles. The van der Waals surface area contributed by atoms with Crippen LogP contribution in [-0.2, 0) is 28.6 Å². The molecule has 0 heterocycles. The molecule has 1 unspecified atom stereocenters. The molecule has 0 aromatic heterocycles. The summed E-state index contributed by atoms with van der Waals surface area (Å²) in [5.74, 6) is -0.944. The monoisotopic (exact) mass is 983 g/mol. The molecule has 0 aliphatic carbocycles. The Kier molecular flexibility index (Phi) is 54.9. The zero-order chi connectivity index (χ0) is 51.4. The Morgan fingerprint density at radius 3 is 0.887 bits per heavy atom. The molecule has 0 bridgehead atoms. The lowest BCUT2D eigenvalue weighted by atomic mass is 10.1. The van der Waals surface area contributed by atoms with Gasteiger partial charge in [-0.1, -0.05) is 232 Å². The van der Waals surface area contributed by atoms with Crippen LogP contribution in [0, 0.1) is 0 Å². The lowest BCUT2D eigenvalue weighted by Gasteiger charge is -2.18. The molecule has 0 amide bonds. The van der Waals surface area contributed by atoms with Gasteiger partial charge in [-0.2, -0.15) is 0 Å². The largest absolute Gasteiger partial charge is 0.462 e. The van der Waals surface area contributed by atoms with Gasteiger partial charge >= 0.3 is 17.9 Å². The fraction of sp³-hybridized carbons (Fsp3) is 0.646. The Morgan fingerprint density at radius 2 is 0.549 bits per heavy atom. The van der Waals surface area contributed by atoms with Crippen molar-refractivity contribution in [3.63, 3.8) is 0 Å². The molecule has 0 N–H and O–H groups in total. The van der Waals surface area contributed by atoms with Crippen molar-refractivity contribution in [3.05, 3.63) is 122 Å². The number of carbonyl (C=O) groups is 3. The summed E-state index contributed by atoms with van der Waals surface area (Å²) in [6.45, 7) is 6.33. The summed E-state index contributed by atoms with van der Waals surface area (Å²) in [6.07, 6.45) is 80.6. The Labute approximate surface area is 437 Å². The first-order valence-corrected chi connectivity index (χ1v) is 29.0. The zero-order valence-electron chi connectivity index (χ0n) is 45.9. The van der Waals surface area contributed by atoms with Crippen LogP contribution in [0.1, 0.15) is 252 Å². The molecule has 0 aromatic carbocycles. The second kappa shape index (κ2) is 58.4. The summed E-state index contributed by atoms with van der Waals surface area (Å²) in [6, 6.07) is 0. The number of allylic oxidation sites excluding steroid dienone is 20. The van der Waals surface area contributed by atoms with Crippen LogP contribution in [0.3, 0.4) is 0 Å². The van der Waals surface area contributed by atoms with Crippen molar-refractivity contribution in [3.8, 4) is 0 Å². The number of ether oxygens (including phenoxy) is 3. The number of hydrogen-bond donors (Lipinski definition) is 0. The van der Waals surface area contributed by atoms with Crippen LogP contribution >= 0.6 is 0 Å². The van der Waals surface area contributed by atoms with Gasteiger partial charge in [0.05, 0.1) is 0 Å². The van der Waals surface area contributed by atoms with E-state index in [9.17, 15) is 14.4 Å². The van der Waals surface area contributed by atoms with Gasteiger partial charge in [0.25, 0.3) is 0 Å². The van der Waals surface area contributed by atoms with Crippen molar-refractivity contribution in [1.29, 1.82) is 0 Å². The maximum absolute atomic E-state index is 12.8. The summed E-state index contributed by atoms with van der Waals surface area (Å²) in [7, 11) is 0. The molecule has 0 fully saturated rings. The van der Waals surface area contributed by atoms with Crippen LogP contribution in [0.25, 0.3) is 0 Å². The molecule has 6 heteroatoms. The minimum absolute atomic E-state index is 0.0970. The molecule has 0 saturated heterocycles. The lowest BCUT2D eigenvalue weighted by molar-refractivity contribution is -0.167. The summed E-state index contributed by atoms with van der Waals surface area (Å²) >= 11 is 0. The van der Waals surface area contributed by atoms with Crippen LogP contribution in [0.5, 0.6) is 0 Å². The second-order valence-electron chi connectivity index (χ2n) is 18.8. The standard InChI is InChI=1S/C65H106O6/c1-4-7-10-13-16-19-22-24-25-26-27-28-29-30-31-32-33-34-35-36-37-38-39-41-43-46-49-52-55-58-64(67)70-61-62(60-69-63(66)57-54-51-48-45-42-21-18-15-12-9-6-3)71-65(68)59-56-53-50-47-44-40-23-20-17-14-11-8-5-2/h7-8,10-11,15-20,24-25,27-28,30-31,33-34,40,44,62H,4-6,9,12-14,21-23,26,29,32,35-39,41-43,45-61H2,1-3H3/b10-7-,11-8-,18-15-,19-16-,20-17-,25-24-,28-27-,31-30-,34-33-,44-40-. The third kappa shape index (κ3) is 56.6. The van der Waals surface area contributed by atoms with Gasteiger partial charge in [0.1, 0.15) is 13.2 Å². The number of carbonyl (C=O) groups excluding carboxylic acids is 3. The maximum atomic E-state index is 12.8. The van der Waals surface area contributed by atoms with Crippen LogP contribution in [0.2, 0.25) is 0 Å². The van der Waals surface area contributed by atoms with Gasteiger partial charge in [0, 0.05) is 19.3 Å². The third-order valence-corrected chi connectivity index (χ3v) is 11.9. The molecule has 0 aliphatic rings. The number of rotatable bonds is 51. The van der Waals surface area contributed by atoms with Crippen molar-refractivity contribution in [2.45, 2.75) is 258 Å². The number of hydrogen-bond acceptors (Lipinski definition) is 6. The van der Waals surface area contributed by atoms with E-state index >= 15 is 0 Å². The van der Waals surface area contributed by atoms with E-state index < -0.39 is 6.10 Å². The highest BCUT2D eigenvalue weighted by Gasteiger charge is 2.19. The molecule has 71 heavy (non-hydrogen) atoms. The first-order valence-electron chi connectivity index (χ1n) is 29.0. The highest BCUT2D eigenvalue weighted by Crippen LogP contribution is 2.14. The van der Waals surface area contributed by atoms with Gasteiger partial charge in [0.15, 0.2) is 6.10 Å². The van der Waals surface area contributed by atoms with Crippen molar-refractivity contribution in [1.82, 2.24) is 0 Å². The molecule has 402 valence electrons. The molecule has 6 nitrogen and oxygen atoms in total. The van der Waals surface area contributed by atoms with Gasteiger partial charge in [-0.25, -0.2) is 0 Å². The Bertz CT molecular complexity index is 1500. The minimum Gasteiger partial charge on any atom is -0.462 e. The minimum atomic E-state index is -0.800. The van der Waals surface area contributed by atoms with Crippen molar-refractivity contribution in [2.24, 2.45) is 0 Å². The van der Waals surface area contributed by atoms with Crippen LogP contribution < -0.4 is 0 Å². The summed E-state index contributed by atoms with van der Waals surface area (Å²) in [5, 5.41) is 0. The van der Waals surface area contributed by atoms with E-state index in [2.05, 4.69) is 142 Å². The van der Waals surface area contributed by atoms with Crippen LogP contribution in [0.4, 0.5) is 0 Å². The Hall–Kier alpha value is -4.19. The van der Waals surface area contributed by atoms with Gasteiger partial charge in [-0.3, -0.25) is 14.4 Å². The van der Waals surface area contributed by atoms with Gasteiger partial charge in [-0.15, -0.1) is 0 Å². The van der Waals surface area contributed by atoms with E-state index in [1.807, 2.05) is 0 Å². The quantitative estimate of drug-likeness (QED) is 0.0261. The normalized spacial score (nSPS) is 13.0. The first kappa shape index (κ1) is 66.8. The summed E-state index contributed by atoms with van der Waals surface area (Å²) in [5.41, 5.74) is 0. The van der Waals surface area contributed by atoms with Crippen molar-refractivity contribution >= 4 is 17.9 Å². The topological polar surface area (TPSA) is 78.9 Å². The van der Waals surface area contributed by atoms with E-state index in [1.54, 1.807) is 0 Å². The zero-order valence-corrected chi connectivity index (χ0v) is 45.9. The maximum Gasteiger partial charge on any atom is 0.306 e. The average molecular weight is 984 g/mol. The van der Waals surface area contributed by atoms with Crippen LogP contribution in [0.15, 0.2) is 122 Å². The fourth-order valence-corrected chi connectivity index (χ4v) is 7.62. The van der Waals surface area contributed by atoms with Crippen LogP contribution in [-0.4, -0.2) is 37.2 Å². The highest BCUT2D eigenvalue weighted by atomic mass is 16.6. The number of esters is 3. The summed E-state index contributed by atoms with van der Waals surface area (Å²) < 4.78 is 16.8. The SMILES string of the molecule is CC/C=C\C/C=C\C/C=C\C/C=C\C/C=C\C/C=C\CCCCCCCCCCCCC(=O)OCC(COC(=O)CCCCCCC/C=C\CCCC)OC(=O)CCCCC/C=C\C/C=C\C/C=C\CC. The van der Waals surface area contributed by atoms with Gasteiger partial charge in [0.2, 0.25) is 0 Å². The molecule has 0 aromatic rings. The van der Waals surface area contributed by atoms with E-state index in [1.165, 1.54) is 77.0 Å². The molecule has 0 saturated carbocycles. The van der Waals surface area contributed by atoms with E-state index in [0.29, 0.717) is 12.8 Å². The van der Waals surface area contributed by atoms with Gasteiger partial charge in [-0.05, 0) is 122 Å². The average Bonchev–Trinajstić information content (AvgIpc) is 3.37. The molecule has 0 spiro atoms. The molecule has 0 radical (unpaired) electrons. The Morgan fingerprint density at radius 1 is 0.296 bits per heavy atom. The van der Waals surface area contributed by atoms with Gasteiger partial charge < -0.3 is 14.2 Å². The Balaban J connectivity index is 4.25. The van der Waals surface area contributed by atoms with E-state index in [4.69, 9.17) is 14.2 Å². The predicted molar refractivity (Wildman–Crippen MR) is 306 cm³/mol. The molecule has 0 rings (SSSR count). The summed E-state index contributed by atoms with van der Waals surface area (Å²) in [4.78, 5) is 38.0. The first-order chi connectivity index (χ1) is 35.0. The predicted octanol–water partition coefficient (Wildman–Crippen LogP) is 19.6. The lowest BCUT2D eigenvalue weighted by Crippen LogP contribution is -2.30. The molecule has 1 atom stereocenters. The number of unbranched alkanes of at least 4 members (excludes halogenated alkanes) is 20. The molecular weight excluding hydrogens is 877 g/mol. The fourth-order valence-electron chi connectivity index (χ4n) is 7.62. The van der Waals surface area contributed by atoms with Crippen molar-refractivity contribution < 1.29 is 28.6 Å². The highest BCUT2D eigenvalue weighted by molar-refractivity contribution is 5.71. The smallest absolute Gasteiger partial charge is 0.306 e. The second-order valence-corrected chi connectivity index (χ2v) is 18.8. The molecular formula is C65H106O6. The van der Waals surface area contributed by atoms with Crippen molar-refractivity contribution in [2.75, 3.05) is 13.2 Å².